The average Bonchev–Trinajstić information content (AvgIpc) is 2.35. The lowest BCUT2D eigenvalue weighted by Crippen LogP contribution is -2.51. The molecule has 3 nitrogen and oxygen atoms in total. The number of aliphatic hydroxyl groups is 2. The van der Waals surface area contributed by atoms with E-state index in [4.69, 9.17) is 4.43 Å². The molecule has 0 spiro atoms. The summed E-state index contributed by atoms with van der Waals surface area (Å²) in [6.45, 7) is 20.0. The third-order valence-electron chi connectivity index (χ3n) is 6.71. The van der Waals surface area contributed by atoms with Crippen LogP contribution in [0.2, 0.25) is 18.1 Å². The SMILES string of the molecule is CC1=CC(O[Si](C)(C)C(C)(C)C)CC(C)(C)[C@]1(CO)CCC(C)O. The summed E-state index contributed by atoms with van der Waals surface area (Å²) < 4.78 is 6.64. The summed E-state index contributed by atoms with van der Waals surface area (Å²) in [6, 6.07) is 0. The number of hydrogen-bond acceptors (Lipinski definition) is 3. The second-order valence-electron chi connectivity index (χ2n) is 9.98. The maximum atomic E-state index is 10.3. The molecule has 142 valence electrons. The van der Waals surface area contributed by atoms with Crippen molar-refractivity contribution in [3.05, 3.63) is 11.6 Å². The van der Waals surface area contributed by atoms with Crippen LogP contribution in [0.3, 0.4) is 0 Å². The molecule has 0 saturated heterocycles. The molecular weight excluding hydrogens is 316 g/mol. The molecule has 1 aliphatic carbocycles. The maximum absolute atomic E-state index is 10.3. The molecule has 0 aromatic carbocycles. The first-order valence-electron chi connectivity index (χ1n) is 9.34. The fourth-order valence-electron chi connectivity index (χ4n) is 3.77. The number of rotatable bonds is 6. The molecule has 0 radical (unpaired) electrons. The zero-order valence-corrected chi connectivity index (χ0v) is 18.4. The zero-order valence-electron chi connectivity index (χ0n) is 17.4. The van der Waals surface area contributed by atoms with Gasteiger partial charge in [-0.25, -0.2) is 0 Å². The minimum atomic E-state index is -1.82. The van der Waals surface area contributed by atoms with Gasteiger partial charge >= 0.3 is 0 Å². The molecule has 2 unspecified atom stereocenters. The summed E-state index contributed by atoms with van der Waals surface area (Å²) >= 11 is 0. The lowest BCUT2D eigenvalue weighted by atomic mass is 9.55. The summed E-state index contributed by atoms with van der Waals surface area (Å²) in [5, 5.41) is 20.2. The molecule has 0 aromatic heterocycles. The van der Waals surface area contributed by atoms with Crippen molar-refractivity contribution in [3.8, 4) is 0 Å². The highest BCUT2D eigenvalue weighted by atomic mass is 28.4. The van der Waals surface area contributed by atoms with Gasteiger partial charge in [0.2, 0.25) is 0 Å². The van der Waals surface area contributed by atoms with Gasteiger partial charge in [0.05, 0.1) is 18.8 Å². The Kier molecular flexibility index (Phi) is 6.58. The molecule has 3 atom stereocenters. The van der Waals surface area contributed by atoms with Crippen molar-refractivity contribution in [3.63, 3.8) is 0 Å². The molecule has 1 rings (SSSR count). The first kappa shape index (κ1) is 21.9. The Morgan fingerprint density at radius 3 is 2.25 bits per heavy atom. The highest BCUT2D eigenvalue weighted by molar-refractivity contribution is 6.74. The van der Waals surface area contributed by atoms with Crippen LogP contribution in [0.4, 0.5) is 0 Å². The first-order chi connectivity index (χ1) is 10.7. The summed E-state index contributed by atoms with van der Waals surface area (Å²) in [5.74, 6) is 0. The first-order valence-corrected chi connectivity index (χ1v) is 12.2. The van der Waals surface area contributed by atoms with Crippen LogP contribution < -0.4 is 0 Å². The fraction of sp³-hybridized carbons (Fsp3) is 0.900. The summed E-state index contributed by atoms with van der Waals surface area (Å²) in [5.41, 5.74) is 0.880. The van der Waals surface area contributed by atoms with Crippen LogP contribution in [-0.4, -0.2) is 37.3 Å². The number of hydrogen-bond donors (Lipinski definition) is 2. The van der Waals surface area contributed by atoms with E-state index in [1.165, 1.54) is 5.57 Å². The molecule has 0 aromatic rings. The lowest BCUT2D eigenvalue weighted by Gasteiger charge is -2.53. The van der Waals surface area contributed by atoms with Gasteiger partial charge in [0, 0.05) is 5.41 Å². The van der Waals surface area contributed by atoms with Crippen molar-refractivity contribution in [2.45, 2.75) is 98.1 Å². The third kappa shape index (κ3) is 4.32. The minimum absolute atomic E-state index is 0.0670. The van der Waals surface area contributed by atoms with Crippen molar-refractivity contribution in [1.29, 1.82) is 0 Å². The van der Waals surface area contributed by atoms with E-state index in [1.54, 1.807) is 0 Å². The van der Waals surface area contributed by atoms with Crippen molar-refractivity contribution < 1.29 is 14.6 Å². The van der Waals surface area contributed by atoms with Crippen LogP contribution >= 0.6 is 0 Å². The number of aliphatic hydroxyl groups excluding tert-OH is 2. The van der Waals surface area contributed by atoms with Crippen LogP contribution in [0.25, 0.3) is 0 Å². The van der Waals surface area contributed by atoms with Crippen LogP contribution in [0.1, 0.15) is 67.7 Å². The second kappa shape index (κ2) is 7.22. The minimum Gasteiger partial charge on any atom is -0.411 e. The van der Waals surface area contributed by atoms with Crippen LogP contribution in [-0.2, 0) is 4.43 Å². The molecule has 4 heteroatoms. The average molecular weight is 357 g/mol. The normalized spacial score (nSPS) is 29.3. The van der Waals surface area contributed by atoms with E-state index >= 15 is 0 Å². The van der Waals surface area contributed by atoms with Crippen LogP contribution in [0, 0.1) is 10.8 Å². The Balaban J connectivity index is 3.12. The summed E-state index contributed by atoms with van der Waals surface area (Å²) in [4.78, 5) is 0. The van der Waals surface area contributed by atoms with Gasteiger partial charge in [-0.1, -0.05) is 46.3 Å². The van der Waals surface area contributed by atoms with Gasteiger partial charge in [0.1, 0.15) is 0 Å². The molecular formula is C20H40O3Si. The zero-order chi connectivity index (χ0) is 19.0. The van der Waals surface area contributed by atoms with Gasteiger partial charge in [0.15, 0.2) is 8.32 Å². The Hall–Kier alpha value is -0.163. The smallest absolute Gasteiger partial charge is 0.192 e. The fourth-order valence-corrected chi connectivity index (χ4v) is 5.03. The molecule has 0 bridgehead atoms. The molecule has 24 heavy (non-hydrogen) atoms. The molecule has 0 heterocycles. The molecule has 0 fully saturated rings. The highest BCUT2D eigenvalue weighted by Crippen LogP contribution is 2.54. The molecule has 1 aliphatic rings. The quantitative estimate of drug-likeness (QED) is 0.526. The summed E-state index contributed by atoms with van der Waals surface area (Å²) in [7, 11) is -1.82. The third-order valence-corrected chi connectivity index (χ3v) is 11.2. The van der Waals surface area contributed by atoms with E-state index in [-0.39, 0.29) is 34.7 Å². The molecule has 0 saturated carbocycles. The van der Waals surface area contributed by atoms with Crippen molar-refractivity contribution in [2.24, 2.45) is 10.8 Å². The molecule has 0 aliphatic heterocycles. The predicted octanol–water partition coefficient (Wildman–Crippen LogP) is 4.89. The van der Waals surface area contributed by atoms with E-state index in [0.29, 0.717) is 6.42 Å². The van der Waals surface area contributed by atoms with Crippen molar-refractivity contribution >= 4 is 8.32 Å². The van der Waals surface area contributed by atoms with E-state index in [2.05, 4.69) is 60.7 Å². The Bertz CT molecular complexity index is 460. The largest absolute Gasteiger partial charge is 0.411 e. The van der Waals surface area contributed by atoms with Crippen LogP contribution in [0.5, 0.6) is 0 Å². The Labute approximate surface area is 150 Å². The van der Waals surface area contributed by atoms with Crippen LogP contribution in [0.15, 0.2) is 11.6 Å². The maximum Gasteiger partial charge on any atom is 0.192 e. The second-order valence-corrected chi connectivity index (χ2v) is 14.7. The standard InChI is InChI=1S/C20H40O3Si/c1-15-12-17(23-24(8,9)18(3,4)5)13-19(6,7)20(15,14-21)11-10-16(2)22/h12,16-17,21-22H,10-11,13-14H2,1-9H3/t16?,17?,20-/m0/s1. The van der Waals surface area contributed by atoms with Gasteiger partial charge < -0.3 is 14.6 Å². The van der Waals surface area contributed by atoms with E-state index < -0.39 is 8.32 Å². The van der Waals surface area contributed by atoms with Gasteiger partial charge in [-0.3, -0.25) is 0 Å². The Morgan fingerprint density at radius 2 is 1.88 bits per heavy atom. The topological polar surface area (TPSA) is 49.7 Å². The highest BCUT2D eigenvalue weighted by Gasteiger charge is 2.50. The van der Waals surface area contributed by atoms with E-state index in [1.807, 2.05) is 6.92 Å². The lowest BCUT2D eigenvalue weighted by molar-refractivity contribution is -0.0192. The van der Waals surface area contributed by atoms with Crippen molar-refractivity contribution in [2.75, 3.05) is 6.61 Å². The van der Waals surface area contributed by atoms with Gasteiger partial charge in [0.25, 0.3) is 0 Å². The molecule has 0 amide bonds. The van der Waals surface area contributed by atoms with Gasteiger partial charge in [-0.2, -0.15) is 0 Å². The monoisotopic (exact) mass is 356 g/mol. The molecule has 2 N–H and O–H groups in total. The van der Waals surface area contributed by atoms with Gasteiger partial charge in [-0.05, 0) is 56.7 Å². The van der Waals surface area contributed by atoms with Gasteiger partial charge in [-0.15, -0.1) is 0 Å². The summed E-state index contributed by atoms with van der Waals surface area (Å²) in [6.07, 6.45) is 4.46. The Morgan fingerprint density at radius 1 is 1.33 bits per heavy atom. The van der Waals surface area contributed by atoms with E-state index in [0.717, 1.165) is 12.8 Å². The predicted molar refractivity (Wildman–Crippen MR) is 105 cm³/mol. The van der Waals surface area contributed by atoms with E-state index in [9.17, 15) is 10.2 Å². The van der Waals surface area contributed by atoms with Crippen molar-refractivity contribution in [1.82, 2.24) is 0 Å².